The molecule has 0 amide bonds. The van der Waals surface area contributed by atoms with Gasteiger partial charge in [0.2, 0.25) is 0 Å². The standard InChI is InChI=1S/C18H21IN4O2/c19-12(10-24)11-25-13-4-7-23(8-5-13)17-2-1-14-15-9-20-6-3-16(15)21-18(14)22-17/h1-3,6,9,12-13,24H,4-5,7-8,10-11H2,(H,21,22). The third-order valence-electron chi connectivity index (χ3n) is 4.72. The highest BCUT2D eigenvalue weighted by atomic mass is 127. The minimum absolute atomic E-state index is 0.170. The van der Waals surface area contributed by atoms with Crippen LogP contribution in [0.5, 0.6) is 0 Å². The second-order valence-corrected chi connectivity index (χ2v) is 8.17. The zero-order valence-corrected chi connectivity index (χ0v) is 16.0. The van der Waals surface area contributed by atoms with Gasteiger partial charge in [0.05, 0.1) is 28.8 Å². The number of nitrogens with zero attached hydrogens (tertiary/aromatic N) is 3. The van der Waals surface area contributed by atoms with Crippen LogP contribution in [0.25, 0.3) is 21.9 Å². The van der Waals surface area contributed by atoms with Crippen LogP contribution < -0.4 is 4.90 Å². The molecule has 0 aliphatic carbocycles. The van der Waals surface area contributed by atoms with E-state index >= 15 is 0 Å². The van der Waals surface area contributed by atoms with Gasteiger partial charge in [-0.1, -0.05) is 22.6 Å². The number of nitrogens with one attached hydrogen (secondary N) is 1. The Labute approximate surface area is 159 Å². The number of halogens is 1. The summed E-state index contributed by atoms with van der Waals surface area (Å²) in [6.45, 7) is 2.67. The average molecular weight is 452 g/mol. The van der Waals surface area contributed by atoms with E-state index in [-0.39, 0.29) is 16.6 Å². The van der Waals surface area contributed by atoms with Crippen molar-refractivity contribution in [1.29, 1.82) is 0 Å². The number of aromatic amines is 1. The number of hydrogen-bond donors (Lipinski definition) is 2. The quantitative estimate of drug-likeness (QED) is 0.460. The fraction of sp³-hybridized carbons (Fsp3) is 0.444. The number of H-pyrrole nitrogens is 1. The highest BCUT2D eigenvalue weighted by Gasteiger charge is 2.21. The summed E-state index contributed by atoms with van der Waals surface area (Å²) < 4.78 is 6.08. The Morgan fingerprint density at radius 3 is 2.92 bits per heavy atom. The maximum absolute atomic E-state index is 9.08. The predicted octanol–water partition coefficient (Wildman–Crippen LogP) is 2.89. The van der Waals surface area contributed by atoms with Crippen molar-refractivity contribution in [3.05, 3.63) is 30.6 Å². The number of anilines is 1. The first-order chi connectivity index (χ1) is 12.2. The van der Waals surface area contributed by atoms with Crippen LogP contribution in [0, 0.1) is 0 Å². The molecule has 1 aliphatic rings. The number of alkyl halides is 1. The van der Waals surface area contributed by atoms with E-state index in [2.05, 4.69) is 49.6 Å². The van der Waals surface area contributed by atoms with Crippen molar-refractivity contribution >= 4 is 50.3 Å². The summed E-state index contributed by atoms with van der Waals surface area (Å²) in [4.78, 5) is 14.7. The molecule has 2 N–H and O–H groups in total. The molecule has 1 saturated heterocycles. The fourth-order valence-corrected chi connectivity index (χ4v) is 3.54. The van der Waals surface area contributed by atoms with Gasteiger partial charge in [0.15, 0.2) is 0 Å². The first-order valence-electron chi connectivity index (χ1n) is 8.58. The van der Waals surface area contributed by atoms with Crippen LogP contribution in [0.15, 0.2) is 30.6 Å². The molecule has 3 aromatic heterocycles. The summed E-state index contributed by atoms with van der Waals surface area (Å²) in [5.41, 5.74) is 1.98. The van der Waals surface area contributed by atoms with Gasteiger partial charge in [0.1, 0.15) is 11.5 Å². The van der Waals surface area contributed by atoms with Crippen molar-refractivity contribution in [3.8, 4) is 0 Å². The molecule has 0 spiro atoms. The van der Waals surface area contributed by atoms with Gasteiger partial charge < -0.3 is 19.7 Å². The Balaban J connectivity index is 1.45. The molecule has 1 fully saturated rings. The third kappa shape index (κ3) is 3.58. The van der Waals surface area contributed by atoms with Gasteiger partial charge in [-0.15, -0.1) is 0 Å². The van der Waals surface area contributed by atoms with E-state index in [1.54, 1.807) is 6.20 Å². The van der Waals surface area contributed by atoms with Crippen LogP contribution >= 0.6 is 22.6 Å². The topological polar surface area (TPSA) is 74.3 Å². The number of pyridine rings is 2. The molecule has 0 bridgehead atoms. The molecule has 0 radical (unpaired) electrons. The van der Waals surface area contributed by atoms with Crippen molar-refractivity contribution in [3.63, 3.8) is 0 Å². The van der Waals surface area contributed by atoms with E-state index in [1.165, 1.54) is 0 Å². The molecule has 6 nitrogen and oxygen atoms in total. The fourth-order valence-electron chi connectivity index (χ4n) is 3.33. The van der Waals surface area contributed by atoms with Gasteiger partial charge in [0.25, 0.3) is 0 Å². The van der Waals surface area contributed by atoms with Gasteiger partial charge >= 0.3 is 0 Å². The maximum atomic E-state index is 9.08. The number of aliphatic hydroxyl groups excluding tert-OH is 1. The van der Waals surface area contributed by atoms with Gasteiger partial charge in [-0.25, -0.2) is 4.98 Å². The number of fused-ring (bicyclic) bond motifs is 3. The van der Waals surface area contributed by atoms with Crippen LogP contribution in [0.3, 0.4) is 0 Å². The molecule has 0 saturated carbocycles. The summed E-state index contributed by atoms with van der Waals surface area (Å²) >= 11 is 2.23. The molecule has 0 aromatic carbocycles. The second kappa shape index (κ2) is 7.43. The van der Waals surface area contributed by atoms with Crippen molar-refractivity contribution in [2.75, 3.05) is 31.2 Å². The number of piperidine rings is 1. The molecule has 7 heteroatoms. The van der Waals surface area contributed by atoms with Crippen molar-refractivity contribution in [2.45, 2.75) is 22.9 Å². The van der Waals surface area contributed by atoms with E-state index < -0.39 is 0 Å². The highest BCUT2D eigenvalue weighted by Crippen LogP contribution is 2.27. The second-order valence-electron chi connectivity index (χ2n) is 6.41. The highest BCUT2D eigenvalue weighted by molar-refractivity contribution is 14.1. The predicted molar refractivity (Wildman–Crippen MR) is 107 cm³/mol. The zero-order valence-electron chi connectivity index (χ0n) is 13.9. The molecular formula is C18H21IN4O2. The molecule has 1 atom stereocenters. The SMILES string of the molecule is OCC(I)COC1CCN(c2ccc3c(n2)[nH]c2ccncc23)CC1. The van der Waals surface area contributed by atoms with E-state index in [9.17, 15) is 0 Å². The van der Waals surface area contributed by atoms with E-state index in [0.717, 1.165) is 53.7 Å². The lowest BCUT2D eigenvalue weighted by molar-refractivity contribution is 0.0341. The third-order valence-corrected chi connectivity index (χ3v) is 5.48. The minimum atomic E-state index is 0.170. The van der Waals surface area contributed by atoms with Gasteiger partial charge in [-0.2, -0.15) is 0 Å². The van der Waals surface area contributed by atoms with Crippen LogP contribution in [0.4, 0.5) is 5.82 Å². The summed E-state index contributed by atoms with van der Waals surface area (Å²) in [7, 11) is 0. The van der Waals surface area contributed by atoms with Gasteiger partial charge in [-0.05, 0) is 31.0 Å². The summed E-state index contributed by atoms with van der Waals surface area (Å²) in [6, 6.07) is 6.20. The molecule has 1 aliphatic heterocycles. The summed E-state index contributed by atoms with van der Waals surface area (Å²) in [6.07, 6.45) is 5.94. The van der Waals surface area contributed by atoms with Gasteiger partial charge in [-0.3, -0.25) is 4.98 Å². The molecule has 4 heterocycles. The molecule has 25 heavy (non-hydrogen) atoms. The number of hydrogen-bond acceptors (Lipinski definition) is 5. The van der Waals surface area contributed by atoms with Crippen molar-refractivity contribution in [2.24, 2.45) is 0 Å². The number of rotatable bonds is 5. The normalized spacial score (nSPS) is 17.4. The summed E-state index contributed by atoms with van der Waals surface area (Å²) in [5, 5.41) is 11.3. The molecular weight excluding hydrogens is 431 g/mol. The lowest BCUT2D eigenvalue weighted by Gasteiger charge is -2.33. The Morgan fingerprint density at radius 1 is 1.28 bits per heavy atom. The first kappa shape index (κ1) is 17.0. The average Bonchev–Trinajstić information content (AvgIpc) is 3.04. The zero-order chi connectivity index (χ0) is 17.2. The molecule has 3 aromatic rings. The van der Waals surface area contributed by atoms with Crippen molar-refractivity contribution < 1.29 is 9.84 Å². The first-order valence-corrected chi connectivity index (χ1v) is 9.83. The lowest BCUT2D eigenvalue weighted by atomic mass is 10.1. The Kier molecular flexibility index (Phi) is 5.05. The number of aliphatic hydroxyl groups is 1. The minimum Gasteiger partial charge on any atom is -0.395 e. The van der Waals surface area contributed by atoms with Crippen LogP contribution in [0.2, 0.25) is 0 Å². The molecule has 4 rings (SSSR count). The maximum Gasteiger partial charge on any atom is 0.140 e. The Bertz CT molecular complexity index is 861. The lowest BCUT2D eigenvalue weighted by Crippen LogP contribution is -2.38. The Hall–Kier alpha value is -1.45. The van der Waals surface area contributed by atoms with Gasteiger partial charge in [0, 0.05) is 36.3 Å². The van der Waals surface area contributed by atoms with Crippen molar-refractivity contribution in [1.82, 2.24) is 15.0 Å². The molecule has 132 valence electrons. The number of ether oxygens (including phenoxy) is 1. The summed E-state index contributed by atoms with van der Waals surface area (Å²) in [5.74, 6) is 1.01. The van der Waals surface area contributed by atoms with Crippen LogP contribution in [-0.2, 0) is 4.74 Å². The monoisotopic (exact) mass is 452 g/mol. The Morgan fingerprint density at radius 2 is 2.12 bits per heavy atom. The van der Waals surface area contributed by atoms with E-state index in [4.69, 9.17) is 14.8 Å². The van der Waals surface area contributed by atoms with Crippen LogP contribution in [0.1, 0.15) is 12.8 Å². The van der Waals surface area contributed by atoms with Crippen LogP contribution in [-0.4, -0.2) is 56.4 Å². The van der Waals surface area contributed by atoms with E-state index in [0.29, 0.717) is 6.61 Å². The smallest absolute Gasteiger partial charge is 0.140 e. The van der Waals surface area contributed by atoms with E-state index in [1.807, 2.05) is 12.3 Å². The number of aromatic nitrogens is 3. The largest absolute Gasteiger partial charge is 0.395 e. The molecule has 1 unspecified atom stereocenters.